The second kappa shape index (κ2) is 8.72. The van der Waals surface area contributed by atoms with Crippen LogP contribution in [-0.2, 0) is 11.2 Å². The Kier molecular flexibility index (Phi) is 5.67. The summed E-state index contributed by atoms with van der Waals surface area (Å²) < 4.78 is 2.08. The summed E-state index contributed by atoms with van der Waals surface area (Å²) in [6.07, 6.45) is 7.79. The minimum absolute atomic E-state index is 0.0916. The molecule has 6 heteroatoms. The molecule has 6 nitrogen and oxygen atoms in total. The van der Waals surface area contributed by atoms with E-state index in [0.717, 1.165) is 39.1 Å². The van der Waals surface area contributed by atoms with Gasteiger partial charge in [-0.05, 0) is 61.7 Å². The van der Waals surface area contributed by atoms with Crippen molar-refractivity contribution in [2.45, 2.75) is 20.3 Å². The summed E-state index contributed by atoms with van der Waals surface area (Å²) in [5.41, 5.74) is 6.12. The number of nitriles is 1. The maximum Gasteiger partial charge on any atom is 0.261 e. The normalized spacial score (nSPS) is 11.5. The van der Waals surface area contributed by atoms with Gasteiger partial charge in [-0.3, -0.25) is 9.78 Å². The molecule has 0 atom stereocenters. The van der Waals surface area contributed by atoms with Crippen molar-refractivity contribution >= 4 is 22.9 Å². The standard InChI is InChI=1S/C25H23N5O/c1-17-13-20(18(2)30(17)22-8-10-27-11-9-22)14-21(15-26)25(31)28-12-7-19-16-29-24-6-4-3-5-23(19)24/h3-6,8-11,13-14,16,29H,7,12H2,1-2H3,(H,28,31)/b21-14-. The van der Waals surface area contributed by atoms with Crippen LogP contribution in [0.15, 0.2) is 66.6 Å². The second-order valence-corrected chi connectivity index (χ2v) is 7.40. The Morgan fingerprint density at radius 1 is 1.23 bits per heavy atom. The highest BCUT2D eigenvalue weighted by atomic mass is 16.1. The van der Waals surface area contributed by atoms with E-state index in [2.05, 4.69) is 25.9 Å². The summed E-state index contributed by atoms with van der Waals surface area (Å²) in [6.45, 7) is 4.43. The number of fused-ring (bicyclic) bond motifs is 1. The maximum atomic E-state index is 12.6. The minimum atomic E-state index is -0.365. The average molecular weight is 409 g/mol. The third-order valence-corrected chi connectivity index (χ3v) is 5.41. The molecule has 0 saturated carbocycles. The summed E-state index contributed by atoms with van der Waals surface area (Å²) in [6, 6.07) is 15.9. The van der Waals surface area contributed by atoms with Crippen molar-refractivity contribution in [3.63, 3.8) is 0 Å². The summed E-state index contributed by atoms with van der Waals surface area (Å²) >= 11 is 0. The zero-order valence-electron chi connectivity index (χ0n) is 17.5. The zero-order chi connectivity index (χ0) is 21.8. The van der Waals surface area contributed by atoms with Crippen LogP contribution >= 0.6 is 0 Å². The van der Waals surface area contributed by atoms with Crippen molar-refractivity contribution in [2.24, 2.45) is 0 Å². The van der Waals surface area contributed by atoms with Crippen molar-refractivity contribution in [1.82, 2.24) is 19.9 Å². The molecule has 0 aliphatic rings. The Balaban J connectivity index is 1.48. The van der Waals surface area contributed by atoms with Gasteiger partial charge in [0.25, 0.3) is 5.91 Å². The van der Waals surface area contributed by atoms with Crippen LogP contribution in [0.3, 0.4) is 0 Å². The lowest BCUT2D eigenvalue weighted by Crippen LogP contribution is -2.26. The monoisotopic (exact) mass is 409 g/mol. The molecule has 154 valence electrons. The molecule has 0 spiro atoms. The number of para-hydroxylation sites is 1. The molecule has 0 aliphatic carbocycles. The predicted molar refractivity (Wildman–Crippen MR) is 122 cm³/mol. The van der Waals surface area contributed by atoms with Crippen LogP contribution in [0, 0.1) is 25.2 Å². The Morgan fingerprint density at radius 2 is 2.00 bits per heavy atom. The van der Waals surface area contributed by atoms with Gasteiger partial charge in [-0.2, -0.15) is 5.26 Å². The molecule has 0 saturated heterocycles. The van der Waals surface area contributed by atoms with Gasteiger partial charge in [0.2, 0.25) is 0 Å². The van der Waals surface area contributed by atoms with Crippen LogP contribution in [-0.4, -0.2) is 27.0 Å². The number of amides is 1. The maximum absolute atomic E-state index is 12.6. The van der Waals surface area contributed by atoms with E-state index in [-0.39, 0.29) is 11.5 Å². The van der Waals surface area contributed by atoms with E-state index in [0.29, 0.717) is 13.0 Å². The van der Waals surface area contributed by atoms with Crippen molar-refractivity contribution in [2.75, 3.05) is 6.54 Å². The zero-order valence-corrected chi connectivity index (χ0v) is 17.5. The molecule has 1 aromatic carbocycles. The van der Waals surface area contributed by atoms with Crippen LogP contribution < -0.4 is 5.32 Å². The molecule has 0 unspecified atom stereocenters. The molecule has 4 aromatic rings. The molecule has 4 rings (SSSR count). The van der Waals surface area contributed by atoms with Gasteiger partial charge >= 0.3 is 0 Å². The number of aromatic amines is 1. The van der Waals surface area contributed by atoms with E-state index in [9.17, 15) is 10.1 Å². The second-order valence-electron chi connectivity index (χ2n) is 7.40. The van der Waals surface area contributed by atoms with Crippen LogP contribution in [0.4, 0.5) is 0 Å². The summed E-state index contributed by atoms with van der Waals surface area (Å²) in [5, 5.41) is 13.6. The van der Waals surface area contributed by atoms with Crippen LogP contribution in [0.1, 0.15) is 22.5 Å². The number of hydrogen-bond donors (Lipinski definition) is 2. The number of benzene rings is 1. The quantitative estimate of drug-likeness (QED) is 0.369. The molecule has 0 bridgehead atoms. The van der Waals surface area contributed by atoms with Crippen molar-refractivity contribution in [3.05, 3.63) is 89.1 Å². The Labute approximate surface area is 180 Å². The summed E-state index contributed by atoms with van der Waals surface area (Å²) in [7, 11) is 0. The topological polar surface area (TPSA) is 86.5 Å². The van der Waals surface area contributed by atoms with Gasteiger partial charge in [0, 0.05) is 53.1 Å². The first-order chi connectivity index (χ1) is 15.1. The van der Waals surface area contributed by atoms with E-state index in [4.69, 9.17) is 0 Å². The lowest BCUT2D eigenvalue weighted by Gasteiger charge is -2.09. The lowest BCUT2D eigenvalue weighted by molar-refractivity contribution is -0.117. The fraction of sp³-hybridized carbons (Fsp3) is 0.160. The molecule has 3 heterocycles. The molecule has 0 fully saturated rings. The van der Waals surface area contributed by atoms with Crippen molar-refractivity contribution in [1.29, 1.82) is 5.26 Å². The molecule has 31 heavy (non-hydrogen) atoms. The number of aryl methyl sites for hydroxylation is 1. The third kappa shape index (κ3) is 4.12. The fourth-order valence-electron chi connectivity index (χ4n) is 3.87. The number of aromatic nitrogens is 3. The molecule has 2 N–H and O–H groups in total. The highest BCUT2D eigenvalue weighted by molar-refractivity contribution is 6.01. The van der Waals surface area contributed by atoms with Crippen LogP contribution in [0.2, 0.25) is 0 Å². The third-order valence-electron chi connectivity index (χ3n) is 5.41. The number of rotatable bonds is 6. The molecular weight excluding hydrogens is 386 g/mol. The minimum Gasteiger partial charge on any atom is -0.361 e. The number of carbonyl (C=O) groups excluding carboxylic acids is 1. The smallest absolute Gasteiger partial charge is 0.261 e. The number of pyridine rings is 1. The molecule has 3 aromatic heterocycles. The van der Waals surface area contributed by atoms with Gasteiger partial charge in [0.15, 0.2) is 0 Å². The van der Waals surface area contributed by atoms with Gasteiger partial charge < -0.3 is 14.9 Å². The van der Waals surface area contributed by atoms with Crippen LogP contribution in [0.5, 0.6) is 0 Å². The first kappa shape index (κ1) is 20.2. The van der Waals surface area contributed by atoms with E-state index in [1.54, 1.807) is 18.5 Å². The number of hydrogen-bond acceptors (Lipinski definition) is 3. The van der Waals surface area contributed by atoms with Crippen LogP contribution in [0.25, 0.3) is 22.7 Å². The summed E-state index contributed by atoms with van der Waals surface area (Å²) in [4.78, 5) is 19.9. The number of carbonyl (C=O) groups is 1. The van der Waals surface area contributed by atoms with Crippen molar-refractivity contribution in [3.8, 4) is 11.8 Å². The number of nitrogens with one attached hydrogen (secondary N) is 2. The predicted octanol–water partition coefficient (Wildman–Crippen LogP) is 4.24. The lowest BCUT2D eigenvalue weighted by atomic mass is 10.1. The van der Waals surface area contributed by atoms with Gasteiger partial charge in [-0.15, -0.1) is 0 Å². The Morgan fingerprint density at radius 3 is 2.77 bits per heavy atom. The molecular formula is C25H23N5O. The Hall–Kier alpha value is -4.11. The first-order valence-electron chi connectivity index (χ1n) is 10.1. The number of H-pyrrole nitrogens is 1. The number of nitrogens with zero attached hydrogens (tertiary/aromatic N) is 3. The largest absolute Gasteiger partial charge is 0.361 e. The SMILES string of the molecule is Cc1cc(/C=C(/C#N)C(=O)NCCc2c[nH]c3ccccc23)c(C)n1-c1ccncc1. The van der Waals surface area contributed by atoms with Gasteiger partial charge in [0.05, 0.1) is 0 Å². The first-order valence-corrected chi connectivity index (χ1v) is 10.1. The Bertz CT molecular complexity index is 1300. The summed E-state index contributed by atoms with van der Waals surface area (Å²) in [5.74, 6) is -0.365. The van der Waals surface area contributed by atoms with Gasteiger partial charge in [0.1, 0.15) is 11.6 Å². The highest BCUT2D eigenvalue weighted by Gasteiger charge is 2.14. The van der Waals surface area contributed by atoms with E-state index in [1.165, 1.54) is 0 Å². The van der Waals surface area contributed by atoms with Gasteiger partial charge in [-0.1, -0.05) is 18.2 Å². The average Bonchev–Trinajstić information content (AvgIpc) is 3.32. The van der Waals surface area contributed by atoms with E-state index >= 15 is 0 Å². The highest BCUT2D eigenvalue weighted by Crippen LogP contribution is 2.22. The molecule has 1 amide bonds. The van der Waals surface area contributed by atoms with E-state index in [1.807, 2.05) is 62.5 Å². The molecule has 0 aliphatic heterocycles. The fourth-order valence-corrected chi connectivity index (χ4v) is 3.87. The van der Waals surface area contributed by atoms with Crippen molar-refractivity contribution < 1.29 is 4.79 Å². The van der Waals surface area contributed by atoms with E-state index < -0.39 is 0 Å². The molecule has 0 radical (unpaired) electrons. The van der Waals surface area contributed by atoms with Gasteiger partial charge in [-0.25, -0.2) is 0 Å².